The third-order valence-electron chi connectivity index (χ3n) is 4.06. The average Bonchev–Trinajstić information content (AvgIpc) is 2.62. The molecule has 0 radical (unpaired) electrons. The Morgan fingerprint density at radius 2 is 1.92 bits per heavy atom. The van der Waals surface area contributed by atoms with Crippen molar-refractivity contribution in [3.8, 4) is 0 Å². The predicted molar refractivity (Wildman–Crippen MR) is 96.2 cm³/mol. The maximum absolute atomic E-state index is 13.5. The van der Waals surface area contributed by atoms with Crippen LogP contribution < -0.4 is 5.32 Å². The number of nitrogens with zero attached hydrogens (tertiary/aromatic N) is 2. The fourth-order valence-corrected chi connectivity index (χ4v) is 4.52. The second-order valence-electron chi connectivity index (χ2n) is 5.65. The SMILES string of the molecule is Cl.O=[N+]([O-])c1cccc(S(=O)(=O)N2CCNCC2c2cccc(F)c2)c1. The van der Waals surface area contributed by atoms with Crippen LogP contribution in [0.3, 0.4) is 0 Å². The van der Waals surface area contributed by atoms with Gasteiger partial charge in [0.05, 0.1) is 15.9 Å². The zero-order valence-electron chi connectivity index (χ0n) is 13.5. The average molecular weight is 402 g/mol. The minimum Gasteiger partial charge on any atom is -0.313 e. The number of nitrogens with one attached hydrogen (secondary N) is 1. The molecule has 1 aliphatic heterocycles. The molecular weight excluding hydrogens is 385 g/mol. The molecule has 1 heterocycles. The standard InChI is InChI=1S/C16H16FN3O4S.ClH/c17-13-4-1-3-12(9-13)16-11-18-7-8-19(16)25(23,24)15-6-2-5-14(10-15)20(21)22;/h1-6,9-10,16,18H,7-8,11H2;1H. The summed E-state index contributed by atoms with van der Waals surface area (Å²) in [5.74, 6) is -0.448. The lowest BCUT2D eigenvalue weighted by atomic mass is 10.1. The molecule has 0 amide bonds. The highest BCUT2D eigenvalue weighted by Crippen LogP contribution is 2.30. The first-order chi connectivity index (χ1) is 11.9. The van der Waals surface area contributed by atoms with Gasteiger partial charge >= 0.3 is 0 Å². The van der Waals surface area contributed by atoms with Crippen LogP contribution in [0.4, 0.5) is 10.1 Å². The summed E-state index contributed by atoms with van der Waals surface area (Å²) >= 11 is 0. The molecular formula is C16H17ClFN3O4S. The Morgan fingerprint density at radius 3 is 2.62 bits per heavy atom. The van der Waals surface area contributed by atoms with E-state index in [1.54, 1.807) is 6.07 Å². The summed E-state index contributed by atoms with van der Waals surface area (Å²) in [5, 5.41) is 14.0. The summed E-state index contributed by atoms with van der Waals surface area (Å²) < 4.78 is 40.8. The molecule has 1 unspecified atom stereocenters. The highest BCUT2D eigenvalue weighted by Gasteiger charge is 2.35. The van der Waals surface area contributed by atoms with Gasteiger partial charge in [-0.15, -0.1) is 12.4 Å². The monoisotopic (exact) mass is 401 g/mol. The lowest BCUT2D eigenvalue weighted by molar-refractivity contribution is -0.385. The van der Waals surface area contributed by atoms with Crippen molar-refractivity contribution in [1.82, 2.24) is 9.62 Å². The van der Waals surface area contributed by atoms with Gasteiger partial charge in [0.1, 0.15) is 5.82 Å². The van der Waals surface area contributed by atoms with Gasteiger partial charge in [-0.3, -0.25) is 10.1 Å². The largest absolute Gasteiger partial charge is 0.313 e. The quantitative estimate of drug-likeness (QED) is 0.627. The molecule has 140 valence electrons. The van der Waals surface area contributed by atoms with Crippen molar-refractivity contribution in [1.29, 1.82) is 0 Å². The number of hydrogen-bond acceptors (Lipinski definition) is 5. The summed E-state index contributed by atoms with van der Waals surface area (Å²) in [6.45, 7) is 0.962. The van der Waals surface area contributed by atoms with E-state index in [-0.39, 0.29) is 29.5 Å². The molecule has 1 N–H and O–H groups in total. The highest BCUT2D eigenvalue weighted by atomic mass is 35.5. The van der Waals surface area contributed by atoms with Crippen LogP contribution in [0, 0.1) is 15.9 Å². The van der Waals surface area contributed by atoms with Crippen molar-refractivity contribution >= 4 is 28.1 Å². The van der Waals surface area contributed by atoms with Crippen LogP contribution in [0.25, 0.3) is 0 Å². The molecule has 1 aliphatic rings. The van der Waals surface area contributed by atoms with Crippen molar-refractivity contribution in [3.05, 3.63) is 70.0 Å². The van der Waals surface area contributed by atoms with Crippen LogP contribution in [0.5, 0.6) is 0 Å². The van der Waals surface area contributed by atoms with Gasteiger partial charge in [-0.25, -0.2) is 12.8 Å². The molecule has 26 heavy (non-hydrogen) atoms. The maximum atomic E-state index is 13.5. The summed E-state index contributed by atoms with van der Waals surface area (Å²) in [6.07, 6.45) is 0. The molecule has 7 nitrogen and oxygen atoms in total. The molecule has 0 spiro atoms. The topological polar surface area (TPSA) is 92.5 Å². The number of piperazine rings is 1. The van der Waals surface area contributed by atoms with E-state index in [0.29, 0.717) is 18.7 Å². The number of nitro benzene ring substituents is 1. The first kappa shape index (κ1) is 20.2. The summed E-state index contributed by atoms with van der Waals surface area (Å²) in [6, 6.07) is 10.1. The zero-order chi connectivity index (χ0) is 18.0. The normalized spacial score (nSPS) is 18.1. The van der Waals surface area contributed by atoms with E-state index in [0.717, 1.165) is 6.07 Å². The molecule has 0 saturated carbocycles. The maximum Gasteiger partial charge on any atom is 0.270 e. The Morgan fingerprint density at radius 1 is 1.19 bits per heavy atom. The molecule has 0 bridgehead atoms. The summed E-state index contributed by atoms with van der Waals surface area (Å²) in [5.41, 5.74) is 0.236. The predicted octanol–water partition coefficient (Wildman–Crippen LogP) is 2.49. The van der Waals surface area contributed by atoms with E-state index in [4.69, 9.17) is 0 Å². The van der Waals surface area contributed by atoms with E-state index in [2.05, 4.69) is 5.32 Å². The smallest absolute Gasteiger partial charge is 0.270 e. The van der Waals surface area contributed by atoms with Gasteiger partial charge in [0.15, 0.2) is 0 Å². The molecule has 0 aliphatic carbocycles. The molecule has 2 aromatic carbocycles. The Bertz CT molecular complexity index is 910. The highest BCUT2D eigenvalue weighted by molar-refractivity contribution is 7.89. The number of sulfonamides is 1. The van der Waals surface area contributed by atoms with E-state index < -0.39 is 26.8 Å². The number of non-ortho nitro benzene ring substituents is 1. The fraction of sp³-hybridized carbons (Fsp3) is 0.250. The lowest BCUT2D eigenvalue weighted by Gasteiger charge is -2.35. The number of hydrogen-bond donors (Lipinski definition) is 1. The van der Waals surface area contributed by atoms with E-state index in [9.17, 15) is 22.9 Å². The van der Waals surface area contributed by atoms with Crippen LogP contribution in [0.2, 0.25) is 0 Å². The summed E-state index contributed by atoms with van der Waals surface area (Å²) in [7, 11) is -3.96. The Kier molecular flexibility index (Phi) is 6.30. The van der Waals surface area contributed by atoms with Crippen molar-refractivity contribution in [3.63, 3.8) is 0 Å². The number of rotatable bonds is 4. The third kappa shape index (κ3) is 4.01. The van der Waals surface area contributed by atoms with Crippen LogP contribution in [-0.2, 0) is 10.0 Å². The molecule has 10 heteroatoms. The van der Waals surface area contributed by atoms with Gasteiger partial charge < -0.3 is 5.32 Å². The van der Waals surface area contributed by atoms with Crippen molar-refractivity contribution < 1.29 is 17.7 Å². The van der Waals surface area contributed by atoms with Gasteiger partial charge in [-0.2, -0.15) is 4.31 Å². The molecule has 0 aromatic heterocycles. The number of nitro groups is 1. The molecule has 1 atom stereocenters. The van der Waals surface area contributed by atoms with Crippen molar-refractivity contribution in [2.24, 2.45) is 0 Å². The minimum atomic E-state index is -3.96. The molecule has 1 fully saturated rings. The minimum absolute atomic E-state index is 0. The molecule has 2 aromatic rings. The van der Waals surface area contributed by atoms with Crippen LogP contribution in [0.15, 0.2) is 53.4 Å². The number of benzene rings is 2. The van der Waals surface area contributed by atoms with Gasteiger partial charge in [0.25, 0.3) is 5.69 Å². The van der Waals surface area contributed by atoms with Crippen LogP contribution >= 0.6 is 12.4 Å². The molecule has 1 saturated heterocycles. The van der Waals surface area contributed by atoms with Gasteiger partial charge in [0, 0.05) is 31.8 Å². The van der Waals surface area contributed by atoms with Crippen LogP contribution in [0.1, 0.15) is 11.6 Å². The van der Waals surface area contributed by atoms with E-state index in [1.165, 1.54) is 40.7 Å². The summed E-state index contributed by atoms with van der Waals surface area (Å²) in [4.78, 5) is 10.1. The van der Waals surface area contributed by atoms with Gasteiger partial charge in [0.2, 0.25) is 10.0 Å². The van der Waals surface area contributed by atoms with Crippen molar-refractivity contribution in [2.45, 2.75) is 10.9 Å². The lowest BCUT2D eigenvalue weighted by Crippen LogP contribution is -2.48. The van der Waals surface area contributed by atoms with Gasteiger partial charge in [-0.05, 0) is 23.8 Å². The Hall–Kier alpha value is -2.07. The fourth-order valence-electron chi connectivity index (χ4n) is 2.86. The second-order valence-corrected chi connectivity index (χ2v) is 7.54. The third-order valence-corrected chi connectivity index (χ3v) is 5.97. The zero-order valence-corrected chi connectivity index (χ0v) is 15.2. The van der Waals surface area contributed by atoms with E-state index in [1.807, 2.05) is 0 Å². The van der Waals surface area contributed by atoms with Crippen LogP contribution in [-0.4, -0.2) is 37.3 Å². The Balaban J connectivity index is 0.00000243. The number of halogens is 2. The van der Waals surface area contributed by atoms with Gasteiger partial charge in [-0.1, -0.05) is 18.2 Å². The van der Waals surface area contributed by atoms with E-state index >= 15 is 0 Å². The van der Waals surface area contributed by atoms with Crippen molar-refractivity contribution in [2.75, 3.05) is 19.6 Å². The first-order valence-corrected chi connectivity index (χ1v) is 9.06. The first-order valence-electron chi connectivity index (χ1n) is 7.62. The molecule has 3 rings (SSSR count). The second kappa shape index (κ2) is 8.09. The Labute approximate surface area is 156 Å².